The van der Waals surface area contributed by atoms with Gasteiger partial charge >= 0.3 is 13.3 Å². The van der Waals surface area contributed by atoms with Gasteiger partial charge < -0.3 is 14.4 Å². The molecule has 7 heteroatoms. The van der Waals surface area contributed by atoms with Crippen LogP contribution >= 0.6 is 0 Å². The monoisotopic (exact) mass is 392 g/mol. The molecule has 1 N–H and O–H groups in total. The van der Waals surface area contributed by atoms with Gasteiger partial charge in [0.15, 0.2) is 0 Å². The van der Waals surface area contributed by atoms with E-state index >= 15 is 0 Å². The molecule has 1 aliphatic heterocycles. The lowest BCUT2D eigenvalue weighted by Gasteiger charge is -2.32. The fourth-order valence-electron chi connectivity index (χ4n) is 3.11. The van der Waals surface area contributed by atoms with Gasteiger partial charge in [-0.3, -0.25) is 0 Å². The molecule has 0 aromatic heterocycles. The SMILES string of the molecule is CC1(C)OB(c2ccc([C@](C)(O)c3cccc(C(F)(F)F)c3)cc2)OC1(C)C. The van der Waals surface area contributed by atoms with Crippen LogP contribution in [0.2, 0.25) is 0 Å². The maximum absolute atomic E-state index is 13.0. The standard InChI is InChI=1S/C21H24BF3O3/c1-18(2)19(3,4)28-22(27-18)17-11-9-14(10-12-17)20(5,26)15-7-6-8-16(13-15)21(23,24)25/h6-13,26H,1-5H3/t20-/m0/s1. The van der Waals surface area contributed by atoms with Crippen LogP contribution in [0, 0.1) is 0 Å². The third-order valence-electron chi connectivity index (χ3n) is 5.75. The molecule has 28 heavy (non-hydrogen) atoms. The molecule has 1 heterocycles. The molecule has 0 bridgehead atoms. The van der Waals surface area contributed by atoms with Gasteiger partial charge in [-0.05, 0) is 63.3 Å². The van der Waals surface area contributed by atoms with E-state index in [1.807, 2.05) is 27.7 Å². The van der Waals surface area contributed by atoms with Crippen molar-refractivity contribution in [2.75, 3.05) is 0 Å². The van der Waals surface area contributed by atoms with Gasteiger partial charge in [-0.25, -0.2) is 0 Å². The first kappa shape index (κ1) is 20.9. The molecule has 1 saturated heterocycles. The lowest BCUT2D eigenvalue weighted by atomic mass is 9.77. The van der Waals surface area contributed by atoms with E-state index in [1.165, 1.54) is 19.1 Å². The van der Waals surface area contributed by atoms with Crippen LogP contribution in [0.4, 0.5) is 13.2 Å². The lowest BCUT2D eigenvalue weighted by Crippen LogP contribution is -2.41. The van der Waals surface area contributed by atoms with Crippen LogP contribution in [-0.2, 0) is 21.1 Å². The molecule has 3 nitrogen and oxygen atoms in total. The van der Waals surface area contributed by atoms with Crippen LogP contribution in [-0.4, -0.2) is 23.4 Å². The molecule has 0 unspecified atom stereocenters. The first-order valence-electron chi connectivity index (χ1n) is 9.10. The largest absolute Gasteiger partial charge is 0.494 e. The average Bonchev–Trinajstić information content (AvgIpc) is 2.82. The summed E-state index contributed by atoms with van der Waals surface area (Å²) < 4.78 is 51.0. The summed E-state index contributed by atoms with van der Waals surface area (Å²) in [6.07, 6.45) is -4.47. The number of benzene rings is 2. The molecule has 0 spiro atoms. The fourth-order valence-corrected chi connectivity index (χ4v) is 3.11. The molecule has 0 aliphatic carbocycles. The molecule has 0 amide bonds. The molecule has 1 atom stereocenters. The van der Waals surface area contributed by atoms with Gasteiger partial charge in [-0.1, -0.05) is 36.4 Å². The van der Waals surface area contributed by atoms with Crippen molar-refractivity contribution >= 4 is 12.6 Å². The zero-order valence-corrected chi connectivity index (χ0v) is 16.6. The van der Waals surface area contributed by atoms with Crippen molar-refractivity contribution in [3.8, 4) is 0 Å². The highest BCUT2D eigenvalue weighted by Gasteiger charge is 2.51. The van der Waals surface area contributed by atoms with Crippen molar-refractivity contribution in [2.45, 2.75) is 57.6 Å². The predicted octanol–water partition coefficient (Wildman–Crippen LogP) is 4.26. The van der Waals surface area contributed by atoms with Gasteiger partial charge in [0.25, 0.3) is 0 Å². The predicted molar refractivity (Wildman–Crippen MR) is 102 cm³/mol. The summed E-state index contributed by atoms with van der Waals surface area (Å²) >= 11 is 0. The number of rotatable bonds is 3. The highest BCUT2D eigenvalue weighted by molar-refractivity contribution is 6.62. The summed E-state index contributed by atoms with van der Waals surface area (Å²) in [5.41, 5.74) is -1.88. The Hall–Kier alpha value is -1.83. The number of alkyl halides is 3. The van der Waals surface area contributed by atoms with Crippen molar-refractivity contribution in [3.63, 3.8) is 0 Å². The third-order valence-corrected chi connectivity index (χ3v) is 5.75. The van der Waals surface area contributed by atoms with Crippen molar-refractivity contribution in [1.82, 2.24) is 0 Å². The zero-order chi connectivity index (χ0) is 21.0. The van der Waals surface area contributed by atoms with Crippen LogP contribution in [0.5, 0.6) is 0 Å². The Bertz CT molecular complexity index is 842. The first-order valence-corrected chi connectivity index (χ1v) is 9.10. The van der Waals surface area contributed by atoms with E-state index in [4.69, 9.17) is 9.31 Å². The van der Waals surface area contributed by atoms with Gasteiger partial charge in [0.1, 0.15) is 5.60 Å². The zero-order valence-electron chi connectivity index (χ0n) is 16.6. The highest BCUT2D eigenvalue weighted by Crippen LogP contribution is 2.37. The number of hydrogen-bond acceptors (Lipinski definition) is 3. The van der Waals surface area contributed by atoms with Crippen LogP contribution in [0.15, 0.2) is 48.5 Å². The Labute approximate surface area is 163 Å². The summed E-state index contributed by atoms with van der Waals surface area (Å²) in [5, 5.41) is 10.9. The first-order chi connectivity index (χ1) is 12.7. The van der Waals surface area contributed by atoms with E-state index in [0.717, 1.165) is 17.6 Å². The summed E-state index contributed by atoms with van der Waals surface area (Å²) in [4.78, 5) is 0. The molecule has 0 radical (unpaired) electrons. The third kappa shape index (κ3) is 3.71. The van der Waals surface area contributed by atoms with E-state index in [1.54, 1.807) is 24.3 Å². The van der Waals surface area contributed by atoms with Crippen molar-refractivity contribution in [3.05, 3.63) is 65.2 Å². The maximum Gasteiger partial charge on any atom is 0.494 e. The molecule has 2 aromatic carbocycles. The van der Waals surface area contributed by atoms with E-state index in [2.05, 4.69) is 0 Å². The fraction of sp³-hybridized carbons (Fsp3) is 0.429. The van der Waals surface area contributed by atoms with Crippen molar-refractivity contribution in [1.29, 1.82) is 0 Å². The van der Waals surface area contributed by atoms with E-state index in [-0.39, 0.29) is 5.56 Å². The average molecular weight is 392 g/mol. The molecule has 3 rings (SSSR count). The van der Waals surface area contributed by atoms with Crippen LogP contribution in [0.25, 0.3) is 0 Å². The van der Waals surface area contributed by atoms with Crippen molar-refractivity contribution in [2.24, 2.45) is 0 Å². The Morgan fingerprint density at radius 1 is 0.821 bits per heavy atom. The van der Waals surface area contributed by atoms with Crippen molar-refractivity contribution < 1.29 is 27.6 Å². The Balaban J connectivity index is 1.87. The number of aliphatic hydroxyl groups is 1. The van der Waals surface area contributed by atoms with E-state index < -0.39 is 35.7 Å². The summed E-state index contributed by atoms with van der Waals surface area (Å²) in [5.74, 6) is 0. The number of hydrogen-bond donors (Lipinski definition) is 1. The topological polar surface area (TPSA) is 38.7 Å². The molecule has 0 saturated carbocycles. The lowest BCUT2D eigenvalue weighted by molar-refractivity contribution is -0.137. The summed E-state index contributed by atoms with van der Waals surface area (Å²) in [6, 6.07) is 11.6. The smallest absolute Gasteiger partial charge is 0.399 e. The second-order valence-electron chi connectivity index (χ2n) is 8.36. The second kappa shape index (κ2) is 6.61. The summed E-state index contributed by atoms with van der Waals surface area (Å²) in [6.45, 7) is 9.31. The Morgan fingerprint density at radius 3 is 1.82 bits per heavy atom. The van der Waals surface area contributed by atoms with Crippen LogP contribution in [0.3, 0.4) is 0 Å². The second-order valence-corrected chi connectivity index (χ2v) is 8.36. The van der Waals surface area contributed by atoms with Gasteiger partial charge in [0.05, 0.1) is 16.8 Å². The highest BCUT2D eigenvalue weighted by atomic mass is 19.4. The molecule has 1 fully saturated rings. The Kier molecular flexibility index (Phi) is 4.93. The van der Waals surface area contributed by atoms with Crippen LogP contribution < -0.4 is 5.46 Å². The Morgan fingerprint density at radius 2 is 1.32 bits per heavy atom. The minimum atomic E-state index is -4.47. The quantitative estimate of drug-likeness (QED) is 0.794. The van der Waals surface area contributed by atoms with Crippen LogP contribution in [0.1, 0.15) is 51.3 Å². The van der Waals surface area contributed by atoms with Gasteiger partial charge in [-0.2, -0.15) is 13.2 Å². The minimum Gasteiger partial charge on any atom is -0.399 e. The van der Waals surface area contributed by atoms with Gasteiger partial charge in [-0.15, -0.1) is 0 Å². The van der Waals surface area contributed by atoms with Gasteiger partial charge in [0, 0.05) is 0 Å². The van der Waals surface area contributed by atoms with E-state index in [0.29, 0.717) is 5.56 Å². The van der Waals surface area contributed by atoms with E-state index in [9.17, 15) is 18.3 Å². The summed E-state index contributed by atoms with van der Waals surface area (Å²) in [7, 11) is -0.544. The number of halogens is 3. The molecule has 1 aliphatic rings. The molecule has 150 valence electrons. The molecule has 2 aromatic rings. The molecular formula is C21H24BF3O3. The van der Waals surface area contributed by atoms with Gasteiger partial charge in [0.2, 0.25) is 0 Å². The minimum absolute atomic E-state index is 0.172. The normalized spacial score (nSPS) is 20.8. The maximum atomic E-state index is 13.0. The molecular weight excluding hydrogens is 368 g/mol.